The monoisotopic (exact) mass is 235 g/mol. The zero-order chi connectivity index (χ0) is 12.7. The van der Waals surface area contributed by atoms with Crippen LogP contribution in [0.3, 0.4) is 0 Å². The molecule has 0 spiro atoms. The first-order valence-corrected chi connectivity index (χ1v) is 5.03. The van der Waals surface area contributed by atoms with Crippen molar-refractivity contribution in [3.63, 3.8) is 0 Å². The largest absolute Gasteiger partial charge is 0.469 e. The number of ether oxygens (including phenoxy) is 1. The van der Waals surface area contributed by atoms with E-state index in [0.717, 1.165) is 0 Å². The summed E-state index contributed by atoms with van der Waals surface area (Å²) in [6.07, 6.45) is -1.31. The van der Waals surface area contributed by atoms with E-state index < -0.39 is 18.1 Å². The van der Waals surface area contributed by atoms with Crippen LogP contribution in [0.4, 0.5) is 0 Å². The van der Waals surface area contributed by atoms with Crippen molar-refractivity contribution in [2.45, 2.75) is 18.6 Å². The molecule has 1 aromatic carbocycles. The van der Waals surface area contributed by atoms with Gasteiger partial charge in [-0.1, -0.05) is 35.4 Å². The van der Waals surface area contributed by atoms with E-state index in [0.29, 0.717) is 5.56 Å². The molecule has 0 amide bonds. The average Bonchev–Trinajstić information content (AvgIpc) is 2.36. The zero-order valence-corrected chi connectivity index (χ0v) is 9.35. The minimum atomic E-state index is -1.10. The lowest BCUT2D eigenvalue weighted by molar-refractivity contribution is -0.143. The van der Waals surface area contributed by atoms with Crippen LogP contribution in [0.5, 0.6) is 0 Å². The number of aliphatic hydroxyl groups excluding tert-OH is 1. The maximum Gasteiger partial charge on any atom is 0.308 e. The predicted molar refractivity (Wildman–Crippen MR) is 61.0 cm³/mol. The Hall–Kier alpha value is -2.04. The molecule has 0 bridgehead atoms. The molecule has 1 N–H and O–H groups in total. The molecule has 0 radical (unpaired) electrons. The Bertz CT molecular complexity index is 415. The lowest BCUT2D eigenvalue weighted by Gasteiger charge is -2.17. The number of benzene rings is 1. The number of aliphatic hydroxyl groups is 1. The summed E-state index contributed by atoms with van der Waals surface area (Å²) in [6.45, 7) is 0. The molecule has 6 heteroatoms. The van der Waals surface area contributed by atoms with E-state index in [2.05, 4.69) is 14.8 Å². The maximum atomic E-state index is 11.0. The first-order chi connectivity index (χ1) is 8.19. The smallest absolute Gasteiger partial charge is 0.308 e. The van der Waals surface area contributed by atoms with Crippen molar-refractivity contribution in [1.29, 1.82) is 0 Å². The number of carbonyl (C=O) groups is 1. The van der Waals surface area contributed by atoms with Gasteiger partial charge in [0.05, 0.1) is 25.7 Å². The fraction of sp³-hybridized carbons (Fsp3) is 0.364. The normalized spacial score (nSPS) is 13.3. The molecule has 90 valence electrons. The molecule has 0 fully saturated rings. The summed E-state index contributed by atoms with van der Waals surface area (Å²) in [5.41, 5.74) is 9.12. The van der Waals surface area contributed by atoms with Crippen LogP contribution in [0.2, 0.25) is 0 Å². The fourth-order valence-electron chi connectivity index (χ4n) is 1.44. The number of hydrogen-bond acceptors (Lipinski definition) is 4. The van der Waals surface area contributed by atoms with Crippen LogP contribution >= 0.6 is 0 Å². The average molecular weight is 235 g/mol. The molecule has 1 aromatic rings. The van der Waals surface area contributed by atoms with E-state index in [1.54, 1.807) is 24.3 Å². The van der Waals surface area contributed by atoms with Crippen molar-refractivity contribution >= 4 is 5.97 Å². The third-order valence-corrected chi connectivity index (χ3v) is 2.29. The maximum absolute atomic E-state index is 11.0. The van der Waals surface area contributed by atoms with Gasteiger partial charge in [0, 0.05) is 4.91 Å². The molecule has 17 heavy (non-hydrogen) atoms. The molecule has 1 rings (SSSR count). The molecule has 6 nitrogen and oxygen atoms in total. The van der Waals surface area contributed by atoms with E-state index in [-0.39, 0.29) is 6.42 Å². The number of rotatable bonds is 5. The molecule has 0 saturated heterocycles. The van der Waals surface area contributed by atoms with E-state index >= 15 is 0 Å². The third kappa shape index (κ3) is 3.79. The Labute approximate surface area is 98.5 Å². The van der Waals surface area contributed by atoms with Crippen LogP contribution < -0.4 is 0 Å². The summed E-state index contributed by atoms with van der Waals surface area (Å²) in [5.74, 6) is -0.549. The second kappa shape index (κ2) is 6.52. The second-order valence-electron chi connectivity index (χ2n) is 3.41. The highest BCUT2D eigenvalue weighted by atomic mass is 16.5. The molecule has 2 atom stereocenters. The summed E-state index contributed by atoms with van der Waals surface area (Å²) < 4.78 is 4.45. The highest BCUT2D eigenvalue weighted by Crippen LogP contribution is 2.23. The van der Waals surface area contributed by atoms with Gasteiger partial charge < -0.3 is 9.84 Å². The van der Waals surface area contributed by atoms with Gasteiger partial charge in [0.25, 0.3) is 0 Å². The van der Waals surface area contributed by atoms with E-state index in [1.165, 1.54) is 7.11 Å². The molecule has 0 aliphatic heterocycles. The highest BCUT2D eigenvalue weighted by Gasteiger charge is 2.22. The van der Waals surface area contributed by atoms with Crippen molar-refractivity contribution in [1.82, 2.24) is 0 Å². The Kier molecular flexibility index (Phi) is 5.00. The predicted octanol–water partition coefficient (Wildman–Crippen LogP) is 1.96. The number of nitrogens with zero attached hydrogens (tertiary/aromatic N) is 3. The van der Waals surface area contributed by atoms with Crippen molar-refractivity contribution in [2.24, 2.45) is 5.11 Å². The summed E-state index contributed by atoms with van der Waals surface area (Å²) in [7, 11) is 1.24. The summed E-state index contributed by atoms with van der Waals surface area (Å²) in [6, 6.07) is 7.99. The first-order valence-electron chi connectivity index (χ1n) is 5.03. The number of azide groups is 1. The van der Waals surface area contributed by atoms with Crippen LogP contribution in [0.25, 0.3) is 10.4 Å². The van der Waals surface area contributed by atoms with Gasteiger partial charge in [-0.25, -0.2) is 0 Å². The Morgan fingerprint density at radius 2 is 2.18 bits per heavy atom. The summed E-state index contributed by atoms with van der Waals surface area (Å²) in [4.78, 5) is 13.7. The van der Waals surface area contributed by atoms with Crippen molar-refractivity contribution < 1.29 is 14.6 Å². The van der Waals surface area contributed by atoms with Gasteiger partial charge in [-0.2, -0.15) is 0 Å². The zero-order valence-electron chi connectivity index (χ0n) is 9.35. The quantitative estimate of drug-likeness (QED) is 0.365. The summed E-state index contributed by atoms with van der Waals surface area (Å²) in [5, 5.41) is 13.3. The minimum Gasteiger partial charge on any atom is -0.469 e. The van der Waals surface area contributed by atoms with Gasteiger partial charge in [-0.05, 0) is 11.1 Å². The van der Waals surface area contributed by atoms with Crippen LogP contribution in [0.1, 0.15) is 18.0 Å². The Morgan fingerprint density at radius 1 is 1.53 bits per heavy atom. The van der Waals surface area contributed by atoms with Gasteiger partial charge >= 0.3 is 5.97 Å². The topological polar surface area (TPSA) is 95.3 Å². The lowest BCUT2D eigenvalue weighted by atomic mass is 10.0. The number of carbonyl (C=O) groups excluding carboxylic acids is 1. The van der Waals surface area contributed by atoms with Gasteiger partial charge in [0.15, 0.2) is 0 Å². The first kappa shape index (κ1) is 13.0. The standard InChI is InChI=1S/C11H13N3O3/c1-17-10(16)7-9(15)11(13-14-12)8-5-3-2-4-6-8/h2-6,9,11,15H,7H2,1H3. The minimum absolute atomic E-state index is 0.213. The van der Waals surface area contributed by atoms with Crippen LogP contribution in [0.15, 0.2) is 35.4 Å². The molecule has 0 aliphatic rings. The van der Waals surface area contributed by atoms with E-state index in [4.69, 9.17) is 5.53 Å². The molecule has 0 heterocycles. The molecule has 2 unspecified atom stereocenters. The summed E-state index contributed by atoms with van der Waals surface area (Å²) >= 11 is 0. The molecular weight excluding hydrogens is 222 g/mol. The number of hydrogen-bond donors (Lipinski definition) is 1. The van der Waals surface area contributed by atoms with Gasteiger partial charge in [-0.15, -0.1) is 0 Å². The van der Waals surface area contributed by atoms with Crippen molar-refractivity contribution in [2.75, 3.05) is 7.11 Å². The van der Waals surface area contributed by atoms with E-state index in [1.807, 2.05) is 6.07 Å². The number of methoxy groups -OCH3 is 1. The Morgan fingerprint density at radius 3 is 2.71 bits per heavy atom. The van der Waals surface area contributed by atoms with Crippen LogP contribution in [0, 0.1) is 0 Å². The SMILES string of the molecule is COC(=O)CC(O)C(N=[N+]=[N-])c1ccccc1. The van der Waals surface area contributed by atoms with Crippen LogP contribution in [-0.2, 0) is 9.53 Å². The van der Waals surface area contributed by atoms with Crippen LogP contribution in [-0.4, -0.2) is 24.3 Å². The molecular formula is C11H13N3O3. The lowest BCUT2D eigenvalue weighted by Crippen LogP contribution is -2.21. The highest BCUT2D eigenvalue weighted by molar-refractivity contribution is 5.69. The fourth-order valence-corrected chi connectivity index (χ4v) is 1.44. The molecule has 0 saturated carbocycles. The second-order valence-corrected chi connectivity index (χ2v) is 3.41. The van der Waals surface area contributed by atoms with Crippen molar-refractivity contribution in [3.8, 4) is 0 Å². The number of esters is 1. The van der Waals surface area contributed by atoms with Crippen molar-refractivity contribution in [3.05, 3.63) is 46.3 Å². The van der Waals surface area contributed by atoms with Gasteiger partial charge in [0.2, 0.25) is 0 Å². The Balaban J connectivity index is 2.86. The third-order valence-electron chi connectivity index (χ3n) is 2.29. The molecule has 0 aliphatic carbocycles. The molecule has 0 aromatic heterocycles. The van der Waals surface area contributed by atoms with E-state index in [9.17, 15) is 9.90 Å². The van der Waals surface area contributed by atoms with Gasteiger partial charge in [0.1, 0.15) is 0 Å². The van der Waals surface area contributed by atoms with Gasteiger partial charge in [-0.3, -0.25) is 4.79 Å².